The van der Waals surface area contributed by atoms with Crippen LogP contribution in [0.1, 0.15) is 12.8 Å². The van der Waals surface area contributed by atoms with E-state index in [4.69, 9.17) is 4.74 Å². The maximum atomic E-state index is 13.1. The second-order valence-corrected chi connectivity index (χ2v) is 6.79. The molecule has 2 N–H and O–H groups in total. The summed E-state index contributed by atoms with van der Waals surface area (Å²) in [5.74, 6) is -0.571. The first-order valence-electron chi connectivity index (χ1n) is 6.47. The van der Waals surface area contributed by atoms with Crippen molar-refractivity contribution in [3.63, 3.8) is 0 Å². The Kier molecular flexibility index (Phi) is 4.74. The molecular weight excluding hydrogens is 283 g/mol. The summed E-state index contributed by atoms with van der Waals surface area (Å²) in [6, 6.07) is 4.97. The van der Waals surface area contributed by atoms with Gasteiger partial charge in [-0.2, -0.15) is 0 Å². The largest absolute Gasteiger partial charge is 0.383 e. The molecule has 7 heteroatoms. The topological polar surface area (TPSA) is 67.4 Å². The first-order chi connectivity index (χ1) is 9.47. The van der Waals surface area contributed by atoms with Gasteiger partial charge < -0.3 is 10.1 Å². The fourth-order valence-corrected chi connectivity index (χ4v) is 3.58. The van der Waals surface area contributed by atoms with Crippen molar-refractivity contribution in [3.8, 4) is 0 Å². The van der Waals surface area contributed by atoms with E-state index in [9.17, 15) is 12.8 Å². The Hall–Kier alpha value is -1.02. The Bertz CT molecular complexity index is 556. The average molecular weight is 302 g/mol. The van der Waals surface area contributed by atoms with Gasteiger partial charge in [0.15, 0.2) is 0 Å². The van der Waals surface area contributed by atoms with Crippen LogP contribution in [0, 0.1) is 5.82 Å². The van der Waals surface area contributed by atoms with E-state index >= 15 is 0 Å². The summed E-state index contributed by atoms with van der Waals surface area (Å²) in [4.78, 5) is -0.0666. The number of benzene rings is 1. The molecule has 1 aromatic carbocycles. The van der Waals surface area contributed by atoms with E-state index in [0.717, 1.165) is 25.5 Å². The van der Waals surface area contributed by atoms with Gasteiger partial charge in [-0.1, -0.05) is 6.07 Å². The second-order valence-electron chi connectivity index (χ2n) is 5.03. The van der Waals surface area contributed by atoms with E-state index in [-0.39, 0.29) is 17.0 Å². The van der Waals surface area contributed by atoms with Crippen LogP contribution < -0.4 is 10.0 Å². The summed E-state index contributed by atoms with van der Waals surface area (Å²) >= 11 is 0. The smallest absolute Gasteiger partial charge is 0.240 e. The molecule has 0 saturated carbocycles. The molecule has 0 aliphatic carbocycles. The molecule has 1 unspecified atom stereocenters. The molecule has 0 amide bonds. The van der Waals surface area contributed by atoms with Crippen molar-refractivity contribution < 1.29 is 17.5 Å². The Balaban J connectivity index is 2.08. The van der Waals surface area contributed by atoms with Gasteiger partial charge in [0, 0.05) is 13.7 Å². The number of halogens is 1. The number of nitrogens with one attached hydrogen (secondary N) is 2. The summed E-state index contributed by atoms with van der Waals surface area (Å²) < 4.78 is 45.1. The van der Waals surface area contributed by atoms with Gasteiger partial charge in [-0.3, -0.25) is 0 Å². The Morgan fingerprint density at radius 2 is 2.30 bits per heavy atom. The van der Waals surface area contributed by atoms with Crippen molar-refractivity contribution in [2.75, 3.05) is 26.8 Å². The lowest BCUT2D eigenvalue weighted by atomic mass is 9.99. The molecule has 1 heterocycles. The number of rotatable bonds is 6. The molecule has 1 aromatic rings. The van der Waals surface area contributed by atoms with Crippen molar-refractivity contribution in [3.05, 3.63) is 30.1 Å². The van der Waals surface area contributed by atoms with Crippen LogP contribution in [-0.4, -0.2) is 40.8 Å². The molecule has 0 bridgehead atoms. The third-order valence-corrected chi connectivity index (χ3v) is 4.86. The second kappa shape index (κ2) is 6.17. The molecule has 1 atom stereocenters. The normalized spacial score (nSPS) is 23.1. The van der Waals surface area contributed by atoms with Crippen molar-refractivity contribution in [1.82, 2.24) is 10.0 Å². The highest BCUT2D eigenvalue weighted by Gasteiger charge is 2.34. The van der Waals surface area contributed by atoms with Crippen LogP contribution in [-0.2, 0) is 14.8 Å². The zero-order valence-corrected chi connectivity index (χ0v) is 12.2. The predicted molar refractivity (Wildman–Crippen MR) is 73.4 cm³/mol. The first-order valence-corrected chi connectivity index (χ1v) is 7.95. The zero-order valence-electron chi connectivity index (χ0n) is 11.4. The summed E-state index contributed by atoms with van der Waals surface area (Å²) in [7, 11) is -2.13. The van der Waals surface area contributed by atoms with Crippen LogP contribution >= 0.6 is 0 Å². The molecule has 5 nitrogen and oxygen atoms in total. The molecule has 0 spiro atoms. The number of sulfonamides is 1. The van der Waals surface area contributed by atoms with E-state index in [2.05, 4.69) is 10.0 Å². The van der Waals surface area contributed by atoms with Crippen molar-refractivity contribution in [2.45, 2.75) is 23.3 Å². The van der Waals surface area contributed by atoms with Gasteiger partial charge in [0.1, 0.15) is 5.82 Å². The van der Waals surface area contributed by atoms with E-state index in [1.165, 1.54) is 18.2 Å². The van der Waals surface area contributed by atoms with Crippen LogP contribution in [0.25, 0.3) is 0 Å². The quantitative estimate of drug-likeness (QED) is 0.818. The number of hydrogen-bond acceptors (Lipinski definition) is 4. The minimum Gasteiger partial charge on any atom is -0.383 e. The fraction of sp³-hybridized carbons (Fsp3) is 0.538. The van der Waals surface area contributed by atoms with Crippen molar-refractivity contribution in [1.29, 1.82) is 0 Å². The molecule has 1 saturated heterocycles. The maximum Gasteiger partial charge on any atom is 0.240 e. The highest BCUT2D eigenvalue weighted by atomic mass is 32.2. The number of ether oxygens (including phenoxy) is 1. The zero-order chi connectivity index (χ0) is 14.6. The number of methoxy groups -OCH3 is 1. The van der Waals surface area contributed by atoms with Gasteiger partial charge in [0.05, 0.1) is 17.0 Å². The summed E-state index contributed by atoms with van der Waals surface area (Å²) in [5, 5.41) is 3.28. The lowest BCUT2D eigenvalue weighted by Crippen LogP contribution is -2.52. The van der Waals surface area contributed by atoms with Crippen LogP contribution in [0.5, 0.6) is 0 Å². The molecule has 1 aliphatic heterocycles. The minimum atomic E-state index is -3.71. The van der Waals surface area contributed by atoms with Gasteiger partial charge in [-0.15, -0.1) is 0 Å². The molecule has 1 aliphatic rings. The van der Waals surface area contributed by atoms with E-state index in [1.807, 2.05) is 0 Å². The van der Waals surface area contributed by atoms with Gasteiger partial charge >= 0.3 is 0 Å². The standard InChI is InChI=1S/C13H19FN2O3S/c1-19-10-13(6-3-7-15-13)9-16-20(17,18)12-5-2-4-11(14)8-12/h2,4-5,8,15-16H,3,6-7,9-10H2,1H3. The van der Waals surface area contributed by atoms with E-state index < -0.39 is 15.8 Å². The van der Waals surface area contributed by atoms with Crippen LogP contribution in [0.4, 0.5) is 4.39 Å². The molecule has 0 radical (unpaired) electrons. The van der Waals surface area contributed by atoms with Gasteiger partial charge in [0.2, 0.25) is 10.0 Å². The molecular formula is C13H19FN2O3S. The summed E-state index contributed by atoms with van der Waals surface area (Å²) in [6.07, 6.45) is 1.82. The van der Waals surface area contributed by atoms with Gasteiger partial charge in [-0.25, -0.2) is 17.5 Å². The van der Waals surface area contributed by atoms with Crippen molar-refractivity contribution in [2.24, 2.45) is 0 Å². The Morgan fingerprint density at radius 3 is 2.90 bits per heavy atom. The number of hydrogen-bond donors (Lipinski definition) is 2. The lowest BCUT2D eigenvalue weighted by molar-refractivity contribution is 0.122. The van der Waals surface area contributed by atoms with Gasteiger partial charge in [-0.05, 0) is 37.6 Å². The van der Waals surface area contributed by atoms with Crippen LogP contribution in [0.3, 0.4) is 0 Å². The van der Waals surface area contributed by atoms with Crippen LogP contribution in [0.15, 0.2) is 29.2 Å². The maximum absolute atomic E-state index is 13.1. The monoisotopic (exact) mass is 302 g/mol. The van der Waals surface area contributed by atoms with E-state index in [1.54, 1.807) is 7.11 Å². The average Bonchev–Trinajstić information content (AvgIpc) is 2.86. The molecule has 112 valence electrons. The lowest BCUT2D eigenvalue weighted by Gasteiger charge is -2.28. The summed E-state index contributed by atoms with van der Waals surface area (Å²) in [6.45, 7) is 1.49. The third kappa shape index (κ3) is 3.54. The highest BCUT2D eigenvalue weighted by molar-refractivity contribution is 7.89. The highest BCUT2D eigenvalue weighted by Crippen LogP contribution is 2.20. The Labute approximate surface area is 118 Å². The third-order valence-electron chi connectivity index (χ3n) is 3.46. The SMILES string of the molecule is COCC1(CNS(=O)(=O)c2cccc(F)c2)CCCN1. The fourth-order valence-electron chi connectivity index (χ4n) is 2.42. The molecule has 2 rings (SSSR count). The van der Waals surface area contributed by atoms with Gasteiger partial charge in [0.25, 0.3) is 0 Å². The first kappa shape index (κ1) is 15.4. The van der Waals surface area contributed by atoms with Crippen molar-refractivity contribution >= 4 is 10.0 Å². The summed E-state index contributed by atoms with van der Waals surface area (Å²) in [5.41, 5.74) is -0.380. The molecule has 1 fully saturated rings. The predicted octanol–water partition coefficient (Wildman–Crippen LogP) is 0.873. The van der Waals surface area contributed by atoms with Crippen LogP contribution in [0.2, 0.25) is 0 Å². The van der Waals surface area contributed by atoms with E-state index in [0.29, 0.717) is 6.61 Å². The minimum absolute atomic E-state index is 0.0666. The Morgan fingerprint density at radius 1 is 1.50 bits per heavy atom. The molecule has 20 heavy (non-hydrogen) atoms. The molecule has 0 aromatic heterocycles.